The number of nitrogens with two attached hydrogens (primary N) is 1. The van der Waals surface area contributed by atoms with E-state index in [0.29, 0.717) is 18.9 Å². The molecule has 0 fully saturated rings. The van der Waals surface area contributed by atoms with Gasteiger partial charge in [0.15, 0.2) is 0 Å². The Morgan fingerprint density at radius 3 is 2.38 bits per heavy atom. The van der Waals surface area contributed by atoms with Crippen LogP contribution >= 0.6 is 0 Å². The van der Waals surface area contributed by atoms with E-state index in [1.807, 2.05) is 12.1 Å². The third-order valence-electron chi connectivity index (χ3n) is 4.23. The lowest BCUT2D eigenvalue weighted by Gasteiger charge is -2.23. The van der Waals surface area contributed by atoms with Crippen LogP contribution in [0.15, 0.2) is 24.3 Å². The van der Waals surface area contributed by atoms with Crippen LogP contribution in [0.1, 0.15) is 64.9 Å². The first kappa shape index (κ1) is 17.7. The molecule has 1 aromatic carbocycles. The van der Waals surface area contributed by atoms with Crippen molar-refractivity contribution in [2.24, 2.45) is 11.1 Å². The Labute approximate surface area is 129 Å². The van der Waals surface area contributed by atoms with Crippen molar-refractivity contribution < 1.29 is 4.79 Å². The number of hydrogen-bond acceptors (Lipinski definition) is 2. The summed E-state index contributed by atoms with van der Waals surface area (Å²) in [4.78, 5) is 12.0. The molecule has 0 aliphatic rings. The zero-order valence-electron chi connectivity index (χ0n) is 13.9. The normalized spacial score (nSPS) is 13.0. The fourth-order valence-corrected chi connectivity index (χ4v) is 2.32. The monoisotopic (exact) mass is 290 g/mol. The molecule has 3 N–H and O–H groups in total. The lowest BCUT2D eigenvalue weighted by molar-refractivity contribution is -0.116. The number of carbonyl (C=O) groups excluding carboxylic acids is 1. The van der Waals surface area contributed by atoms with Gasteiger partial charge in [0.25, 0.3) is 0 Å². The second-order valence-corrected chi connectivity index (χ2v) is 6.68. The second-order valence-electron chi connectivity index (χ2n) is 6.68. The summed E-state index contributed by atoms with van der Waals surface area (Å²) >= 11 is 0. The van der Waals surface area contributed by atoms with E-state index in [0.717, 1.165) is 24.9 Å². The topological polar surface area (TPSA) is 55.1 Å². The highest BCUT2D eigenvalue weighted by atomic mass is 16.1. The van der Waals surface area contributed by atoms with Crippen molar-refractivity contribution >= 4 is 11.6 Å². The molecule has 1 atom stereocenters. The number of amides is 1. The summed E-state index contributed by atoms with van der Waals surface area (Å²) in [5.74, 6) is 0.642. The van der Waals surface area contributed by atoms with Crippen LogP contribution in [0.25, 0.3) is 0 Å². The molecule has 3 heteroatoms. The van der Waals surface area contributed by atoms with E-state index in [1.165, 1.54) is 5.56 Å². The summed E-state index contributed by atoms with van der Waals surface area (Å²) in [5.41, 5.74) is 7.92. The maximum Gasteiger partial charge on any atom is 0.224 e. The Morgan fingerprint density at radius 2 is 1.86 bits per heavy atom. The van der Waals surface area contributed by atoms with Gasteiger partial charge in [0.2, 0.25) is 5.91 Å². The summed E-state index contributed by atoms with van der Waals surface area (Å²) < 4.78 is 0. The average Bonchev–Trinajstić information content (AvgIpc) is 2.45. The quantitative estimate of drug-likeness (QED) is 0.750. The van der Waals surface area contributed by atoms with Crippen molar-refractivity contribution in [2.75, 3.05) is 11.9 Å². The maximum atomic E-state index is 12.0. The van der Waals surface area contributed by atoms with Crippen LogP contribution in [0.4, 0.5) is 5.69 Å². The molecule has 1 rings (SSSR count). The zero-order chi connectivity index (χ0) is 15.9. The second kappa shape index (κ2) is 8.18. The smallest absolute Gasteiger partial charge is 0.224 e. The van der Waals surface area contributed by atoms with E-state index in [4.69, 9.17) is 5.73 Å². The predicted octanol–water partition coefficient (Wildman–Crippen LogP) is 4.29. The van der Waals surface area contributed by atoms with Crippen molar-refractivity contribution in [2.45, 2.75) is 59.3 Å². The summed E-state index contributed by atoms with van der Waals surface area (Å²) in [6.45, 7) is 9.39. The van der Waals surface area contributed by atoms with Crippen molar-refractivity contribution in [3.05, 3.63) is 29.8 Å². The molecule has 0 radical (unpaired) electrons. The SMILES string of the molecule is CCC(C)c1ccc(NC(=O)CCC(C)(C)CCN)cc1. The molecular weight excluding hydrogens is 260 g/mol. The van der Waals surface area contributed by atoms with E-state index in [2.05, 4.69) is 45.1 Å². The maximum absolute atomic E-state index is 12.0. The lowest BCUT2D eigenvalue weighted by Crippen LogP contribution is -2.20. The Morgan fingerprint density at radius 1 is 1.24 bits per heavy atom. The molecule has 0 aliphatic carbocycles. The molecule has 21 heavy (non-hydrogen) atoms. The van der Waals surface area contributed by atoms with Crippen LogP contribution in [0, 0.1) is 5.41 Å². The number of anilines is 1. The predicted molar refractivity (Wildman–Crippen MR) is 90.5 cm³/mol. The summed E-state index contributed by atoms with van der Waals surface area (Å²) in [7, 11) is 0. The van der Waals surface area contributed by atoms with Crippen LogP contribution in [-0.2, 0) is 4.79 Å². The van der Waals surface area contributed by atoms with Crippen molar-refractivity contribution in [3.63, 3.8) is 0 Å². The fraction of sp³-hybridized carbons (Fsp3) is 0.611. The first-order chi connectivity index (χ1) is 9.88. The van der Waals surface area contributed by atoms with Gasteiger partial charge in [-0.05, 0) is 54.8 Å². The zero-order valence-corrected chi connectivity index (χ0v) is 13.9. The molecule has 0 aromatic heterocycles. The summed E-state index contributed by atoms with van der Waals surface area (Å²) in [5, 5.41) is 2.97. The van der Waals surface area contributed by atoms with Gasteiger partial charge in [0.1, 0.15) is 0 Å². The molecule has 1 amide bonds. The Balaban J connectivity index is 2.48. The lowest BCUT2D eigenvalue weighted by atomic mass is 9.84. The number of hydrogen-bond donors (Lipinski definition) is 2. The molecule has 3 nitrogen and oxygen atoms in total. The summed E-state index contributed by atoms with van der Waals surface area (Å²) in [6, 6.07) is 8.18. The van der Waals surface area contributed by atoms with Crippen LogP contribution < -0.4 is 11.1 Å². The van der Waals surface area contributed by atoms with Crippen molar-refractivity contribution in [1.82, 2.24) is 0 Å². The minimum Gasteiger partial charge on any atom is -0.330 e. The molecular formula is C18H30N2O. The van der Waals surface area contributed by atoms with E-state index < -0.39 is 0 Å². The highest BCUT2D eigenvalue weighted by molar-refractivity contribution is 5.90. The number of rotatable bonds is 8. The Kier molecular flexibility index (Phi) is 6.90. The van der Waals surface area contributed by atoms with Gasteiger partial charge < -0.3 is 11.1 Å². The van der Waals surface area contributed by atoms with Gasteiger partial charge in [-0.15, -0.1) is 0 Å². The van der Waals surface area contributed by atoms with Crippen molar-refractivity contribution in [1.29, 1.82) is 0 Å². The summed E-state index contributed by atoms with van der Waals surface area (Å²) in [6.07, 6.45) is 3.48. The average molecular weight is 290 g/mol. The van der Waals surface area contributed by atoms with E-state index >= 15 is 0 Å². The largest absolute Gasteiger partial charge is 0.330 e. The van der Waals surface area contributed by atoms with Gasteiger partial charge in [-0.1, -0.05) is 39.8 Å². The van der Waals surface area contributed by atoms with Crippen LogP contribution in [0.3, 0.4) is 0 Å². The molecule has 1 aromatic rings. The third-order valence-corrected chi connectivity index (χ3v) is 4.23. The highest BCUT2D eigenvalue weighted by Gasteiger charge is 2.18. The Bertz CT molecular complexity index is 437. The van der Waals surface area contributed by atoms with Crippen LogP contribution in [0.2, 0.25) is 0 Å². The van der Waals surface area contributed by atoms with Crippen LogP contribution in [-0.4, -0.2) is 12.5 Å². The van der Waals surface area contributed by atoms with Gasteiger partial charge >= 0.3 is 0 Å². The van der Waals surface area contributed by atoms with E-state index in [9.17, 15) is 4.79 Å². The minimum absolute atomic E-state index is 0.0800. The molecule has 118 valence electrons. The Hall–Kier alpha value is -1.35. The van der Waals surface area contributed by atoms with Gasteiger partial charge in [0.05, 0.1) is 0 Å². The van der Waals surface area contributed by atoms with Gasteiger partial charge in [-0.2, -0.15) is 0 Å². The van der Waals surface area contributed by atoms with Gasteiger partial charge in [-0.25, -0.2) is 0 Å². The molecule has 0 bridgehead atoms. The van der Waals surface area contributed by atoms with Crippen LogP contribution in [0.5, 0.6) is 0 Å². The third kappa shape index (κ3) is 6.30. The first-order valence-corrected chi connectivity index (χ1v) is 7.98. The fourth-order valence-electron chi connectivity index (χ4n) is 2.32. The molecule has 0 spiro atoms. The number of carbonyl (C=O) groups is 1. The number of benzene rings is 1. The molecule has 0 saturated carbocycles. The standard InChI is InChI=1S/C18H30N2O/c1-5-14(2)15-6-8-16(9-7-15)20-17(21)10-11-18(3,4)12-13-19/h6-9,14H,5,10-13,19H2,1-4H3,(H,20,21). The molecule has 0 saturated heterocycles. The van der Waals surface area contributed by atoms with Gasteiger partial charge in [0, 0.05) is 12.1 Å². The van der Waals surface area contributed by atoms with E-state index in [-0.39, 0.29) is 11.3 Å². The van der Waals surface area contributed by atoms with E-state index in [1.54, 1.807) is 0 Å². The first-order valence-electron chi connectivity index (χ1n) is 7.98. The molecule has 1 unspecified atom stereocenters. The minimum atomic E-state index is 0.0800. The van der Waals surface area contributed by atoms with Gasteiger partial charge in [-0.3, -0.25) is 4.79 Å². The van der Waals surface area contributed by atoms with Crippen molar-refractivity contribution in [3.8, 4) is 0 Å². The highest BCUT2D eigenvalue weighted by Crippen LogP contribution is 2.26. The molecule has 0 aliphatic heterocycles. The number of nitrogens with one attached hydrogen (secondary N) is 1. The molecule has 0 heterocycles.